The van der Waals surface area contributed by atoms with Gasteiger partial charge in [0.1, 0.15) is 0 Å². The molecule has 106 valence electrons. The molecule has 0 aliphatic carbocycles. The third-order valence-corrected chi connectivity index (χ3v) is 2.96. The first-order valence-electron chi connectivity index (χ1n) is 7.08. The number of benzene rings is 3. The van der Waals surface area contributed by atoms with E-state index in [1.807, 2.05) is 80.6 Å². The van der Waals surface area contributed by atoms with Crippen molar-refractivity contribution in [1.29, 1.82) is 0 Å². The van der Waals surface area contributed by atoms with E-state index in [0.29, 0.717) is 0 Å². The van der Waals surface area contributed by atoms with E-state index in [0.717, 1.165) is 27.8 Å². The maximum absolute atomic E-state index is 5.96. The monoisotopic (exact) mass is 277 g/mol. The number of anilines is 1. The van der Waals surface area contributed by atoms with Gasteiger partial charge in [0.15, 0.2) is 0 Å². The van der Waals surface area contributed by atoms with E-state index >= 15 is 0 Å². The molecular weight excluding hydrogens is 258 g/mol. The van der Waals surface area contributed by atoms with Crippen molar-refractivity contribution in [3.63, 3.8) is 0 Å². The number of hydrogen-bond donors (Lipinski definition) is 1. The van der Waals surface area contributed by atoms with Gasteiger partial charge in [-0.25, -0.2) is 0 Å². The van der Waals surface area contributed by atoms with Crippen molar-refractivity contribution in [3.05, 3.63) is 66.7 Å². The Balaban J connectivity index is 0.000000774. The zero-order chi connectivity index (χ0) is 15.1. The van der Waals surface area contributed by atoms with Gasteiger partial charge in [-0.15, -0.1) is 5.11 Å². The lowest BCUT2D eigenvalue weighted by molar-refractivity contribution is 1.24. The third kappa shape index (κ3) is 3.45. The molecule has 0 aromatic heterocycles. The molecule has 2 N–H and O–H groups in total. The Morgan fingerprint density at radius 1 is 0.667 bits per heavy atom. The van der Waals surface area contributed by atoms with Gasteiger partial charge in [0.25, 0.3) is 0 Å². The highest BCUT2D eigenvalue weighted by molar-refractivity contribution is 5.99. The molecule has 3 heteroatoms. The zero-order valence-electron chi connectivity index (χ0n) is 12.3. The summed E-state index contributed by atoms with van der Waals surface area (Å²) in [6, 6.07) is 21.4. The van der Waals surface area contributed by atoms with Crippen LogP contribution >= 0.6 is 0 Å². The van der Waals surface area contributed by atoms with Crippen LogP contribution in [-0.4, -0.2) is 0 Å². The first-order chi connectivity index (χ1) is 10.3. The summed E-state index contributed by atoms with van der Waals surface area (Å²) >= 11 is 0. The van der Waals surface area contributed by atoms with Crippen molar-refractivity contribution in [2.24, 2.45) is 10.2 Å². The molecule has 0 aliphatic rings. The molecule has 0 atom stereocenters. The quantitative estimate of drug-likeness (QED) is 0.462. The standard InChI is InChI=1S/C16H13N3.C2H6/c17-15-10-11-16(14-9-5-4-8-13(14)15)19-18-12-6-2-1-3-7-12;1-2/h1-11H,17H2;1-2H3. The van der Waals surface area contributed by atoms with Crippen molar-refractivity contribution in [2.45, 2.75) is 13.8 Å². The van der Waals surface area contributed by atoms with Crippen molar-refractivity contribution >= 4 is 27.8 Å². The Kier molecular flexibility index (Phi) is 5.04. The second-order valence-electron chi connectivity index (χ2n) is 4.26. The summed E-state index contributed by atoms with van der Waals surface area (Å²) in [6.07, 6.45) is 0. The van der Waals surface area contributed by atoms with Crippen LogP contribution in [0, 0.1) is 0 Å². The number of nitrogens with zero attached hydrogens (tertiary/aromatic N) is 2. The van der Waals surface area contributed by atoms with Gasteiger partial charge in [-0.2, -0.15) is 5.11 Å². The van der Waals surface area contributed by atoms with Crippen molar-refractivity contribution in [1.82, 2.24) is 0 Å². The minimum atomic E-state index is 0.759. The highest BCUT2D eigenvalue weighted by Crippen LogP contribution is 2.31. The van der Waals surface area contributed by atoms with Gasteiger partial charge < -0.3 is 5.73 Å². The molecule has 3 aromatic rings. The molecule has 0 heterocycles. The number of rotatable bonds is 2. The van der Waals surface area contributed by atoms with Crippen LogP contribution in [0.2, 0.25) is 0 Å². The second kappa shape index (κ2) is 7.20. The number of hydrogen-bond acceptors (Lipinski definition) is 3. The summed E-state index contributed by atoms with van der Waals surface area (Å²) in [6.45, 7) is 4.00. The zero-order valence-corrected chi connectivity index (χ0v) is 12.3. The van der Waals surface area contributed by atoms with Crippen LogP contribution in [0.4, 0.5) is 17.1 Å². The van der Waals surface area contributed by atoms with Crippen LogP contribution in [0.3, 0.4) is 0 Å². The molecule has 0 spiro atoms. The molecule has 0 saturated carbocycles. The average molecular weight is 277 g/mol. The van der Waals surface area contributed by atoms with Crippen LogP contribution in [0.25, 0.3) is 10.8 Å². The summed E-state index contributed by atoms with van der Waals surface area (Å²) in [5.74, 6) is 0. The molecule has 0 fully saturated rings. The Morgan fingerprint density at radius 2 is 1.29 bits per heavy atom. The Labute approximate surface area is 125 Å². The second-order valence-corrected chi connectivity index (χ2v) is 4.26. The molecule has 0 unspecified atom stereocenters. The number of nitrogen functional groups attached to an aromatic ring is 1. The van der Waals surface area contributed by atoms with Crippen LogP contribution < -0.4 is 5.73 Å². The normalized spacial score (nSPS) is 10.4. The van der Waals surface area contributed by atoms with Crippen LogP contribution in [-0.2, 0) is 0 Å². The fourth-order valence-corrected chi connectivity index (χ4v) is 2.00. The molecule has 0 aliphatic heterocycles. The van der Waals surface area contributed by atoms with E-state index in [-0.39, 0.29) is 0 Å². The minimum absolute atomic E-state index is 0.759. The molecule has 3 rings (SSSR count). The van der Waals surface area contributed by atoms with Crippen molar-refractivity contribution in [3.8, 4) is 0 Å². The van der Waals surface area contributed by atoms with E-state index in [1.54, 1.807) is 0 Å². The van der Waals surface area contributed by atoms with Gasteiger partial charge in [0, 0.05) is 16.5 Å². The maximum Gasteiger partial charge on any atom is 0.0936 e. The van der Waals surface area contributed by atoms with E-state index in [2.05, 4.69) is 10.2 Å². The molecule has 21 heavy (non-hydrogen) atoms. The molecule has 3 aromatic carbocycles. The lowest BCUT2D eigenvalue weighted by Gasteiger charge is -2.03. The van der Waals surface area contributed by atoms with Gasteiger partial charge >= 0.3 is 0 Å². The van der Waals surface area contributed by atoms with Gasteiger partial charge in [0.2, 0.25) is 0 Å². The third-order valence-electron chi connectivity index (χ3n) is 2.96. The van der Waals surface area contributed by atoms with Gasteiger partial charge in [-0.05, 0) is 24.3 Å². The number of azo groups is 1. The predicted molar refractivity (Wildman–Crippen MR) is 90.3 cm³/mol. The average Bonchev–Trinajstić information content (AvgIpc) is 2.57. The van der Waals surface area contributed by atoms with E-state index < -0.39 is 0 Å². The molecular formula is C18H19N3. The molecule has 3 nitrogen and oxygen atoms in total. The van der Waals surface area contributed by atoms with Crippen molar-refractivity contribution < 1.29 is 0 Å². The van der Waals surface area contributed by atoms with Gasteiger partial charge in [-0.3, -0.25) is 0 Å². The van der Waals surface area contributed by atoms with Crippen LogP contribution in [0.5, 0.6) is 0 Å². The summed E-state index contributed by atoms with van der Waals surface area (Å²) in [7, 11) is 0. The van der Waals surface area contributed by atoms with Gasteiger partial charge in [-0.1, -0.05) is 56.3 Å². The summed E-state index contributed by atoms with van der Waals surface area (Å²) in [5, 5.41) is 10.6. The SMILES string of the molecule is CC.Nc1ccc(N=Nc2ccccc2)c2ccccc12. The van der Waals surface area contributed by atoms with Crippen LogP contribution in [0.1, 0.15) is 13.8 Å². The summed E-state index contributed by atoms with van der Waals surface area (Å²) < 4.78 is 0. The number of nitrogens with two attached hydrogens (primary N) is 1. The Bertz CT molecular complexity index is 734. The van der Waals surface area contributed by atoms with Gasteiger partial charge in [0.05, 0.1) is 11.4 Å². The lowest BCUT2D eigenvalue weighted by Crippen LogP contribution is -1.86. The highest BCUT2D eigenvalue weighted by atomic mass is 15.1. The van der Waals surface area contributed by atoms with Crippen molar-refractivity contribution in [2.75, 3.05) is 5.73 Å². The number of fused-ring (bicyclic) bond motifs is 1. The molecule has 0 radical (unpaired) electrons. The van der Waals surface area contributed by atoms with E-state index in [4.69, 9.17) is 5.73 Å². The molecule has 0 bridgehead atoms. The fourth-order valence-electron chi connectivity index (χ4n) is 2.00. The smallest absolute Gasteiger partial charge is 0.0936 e. The minimum Gasteiger partial charge on any atom is -0.398 e. The lowest BCUT2D eigenvalue weighted by atomic mass is 10.1. The van der Waals surface area contributed by atoms with Crippen LogP contribution in [0.15, 0.2) is 77.0 Å². The highest BCUT2D eigenvalue weighted by Gasteiger charge is 2.02. The van der Waals surface area contributed by atoms with E-state index in [9.17, 15) is 0 Å². The topological polar surface area (TPSA) is 50.7 Å². The summed E-state index contributed by atoms with van der Waals surface area (Å²) in [5.41, 5.74) is 8.38. The molecule has 0 amide bonds. The molecule has 0 saturated heterocycles. The predicted octanol–water partition coefficient (Wildman–Crippen LogP) is 5.86. The van der Waals surface area contributed by atoms with E-state index in [1.165, 1.54) is 0 Å². The Hall–Kier alpha value is -2.68. The fraction of sp³-hybridized carbons (Fsp3) is 0.111. The maximum atomic E-state index is 5.96. The largest absolute Gasteiger partial charge is 0.398 e. The first kappa shape index (κ1) is 14.7. The summed E-state index contributed by atoms with van der Waals surface area (Å²) in [4.78, 5) is 0. The Morgan fingerprint density at radius 3 is 2.00 bits per heavy atom. The first-order valence-corrected chi connectivity index (χ1v) is 7.08.